The van der Waals surface area contributed by atoms with E-state index in [4.69, 9.17) is 4.74 Å². The highest BCUT2D eigenvalue weighted by Crippen LogP contribution is 2.42. The van der Waals surface area contributed by atoms with Crippen molar-refractivity contribution in [3.8, 4) is 0 Å². The number of hydrogen-bond acceptors (Lipinski definition) is 2. The van der Waals surface area contributed by atoms with E-state index in [-0.39, 0.29) is 5.92 Å². The van der Waals surface area contributed by atoms with Gasteiger partial charge in [-0.3, -0.25) is 0 Å². The second-order valence-corrected chi connectivity index (χ2v) is 7.29. The first kappa shape index (κ1) is 16.7. The third kappa shape index (κ3) is 4.03. The quantitative estimate of drug-likeness (QED) is 0.793. The largest absolute Gasteiger partial charge is 0.385 e. The molecule has 23 heavy (non-hydrogen) atoms. The summed E-state index contributed by atoms with van der Waals surface area (Å²) in [5.74, 6) is 0.154. The van der Waals surface area contributed by atoms with Crippen LogP contribution in [0.25, 0.3) is 0 Å². The normalized spacial score (nSPS) is 24.5. The monoisotopic (exact) mass is 374 g/mol. The standard InChI is InChI=1S/C20H23BrO2/c21-19-11-9-17(10-12-19)20(22)13-5-4-8-18(20)15-23-14-16-6-2-1-3-7-16/h1-3,6-7,9-12,18,22H,4-5,8,13-15H2. The Bertz CT molecular complexity index is 611. The van der Waals surface area contributed by atoms with E-state index in [0.29, 0.717) is 13.2 Å². The molecule has 0 radical (unpaired) electrons. The zero-order chi connectivity index (χ0) is 16.1. The van der Waals surface area contributed by atoms with Crippen LogP contribution in [-0.4, -0.2) is 11.7 Å². The molecule has 2 unspecified atom stereocenters. The molecule has 0 bridgehead atoms. The molecule has 2 aromatic rings. The Morgan fingerprint density at radius 3 is 2.52 bits per heavy atom. The Labute approximate surface area is 146 Å². The number of halogens is 1. The maximum Gasteiger partial charge on any atom is 0.0946 e. The molecular formula is C20H23BrO2. The van der Waals surface area contributed by atoms with Crippen molar-refractivity contribution >= 4 is 15.9 Å². The average Bonchev–Trinajstić information content (AvgIpc) is 2.58. The van der Waals surface area contributed by atoms with Crippen molar-refractivity contribution < 1.29 is 9.84 Å². The lowest BCUT2D eigenvalue weighted by Crippen LogP contribution is -2.40. The van der Waals surface area contributed by atoms with Crippen LogP contribution in [0.5, 0.6) is 0 Å². The summed E-state index contributed by atoms with van der Waals surface area (Å²) in [7, 11) is 0. The van der Waals surface area contributed by atoms with Gasteiger partial charge in [-0.25, -0.2) is 0 Å². The van der Waals surface area contributed by atoms with E-state index in [1.807, 2.05) is 42.5 Å². The second-order valence-electron chi connectivity index (χ2n) is 6.37. The molecule has 0 saturated heterocycles. The molecule has 0 heterocycles. The van der Waals surface area contributed by atoms with Crippen molar-refractivity contribution in [1.29, 1.82) is 0 Å². The van der Waals surface area contributed by atoms with Gasteiger partial charge >= 0.3 is 0 Å². The van der Waals surface area contributed by atoms with E-state index in [2.05, 4.69) is 28.1 Å². The zero-order valence-electron chi connectivity index (χ0n) is 13.2. The van der Waals surface area contributed by atoms with Crippen LogP contribution < -0.4 is 0 Å². The van der Waals surface area contributed by atoms with E-state index < -0.39 is 5.60 Å². The van der Waals surface area contributed by atoms with Crippen molar-refractivity contribution in [1.82, 2.24) is 0 Å². The summed E-state index contributed by atoms with van der Waals surface area (Å²) in [4.78, 5) is 0. The fraction of sp³-hybridized carbons (Fsp3) is 0.400. The third-order valence-corrected chi connectivity index (χ3v) is 5.34. The van der Waals surface area contributed by atoms with Crippen LogP contribution in [0.2, 0.25) is 0 Å². The average molecular weight is 375 g/mol. The summed E-state index contributed by atoms with van der Waals surface area (Å²) >= 11 is 3.46. The van der Waals surface area contributed by atoms with Crippen molar-refractivity contribution in [3.63, 3.8) is 0 Å². The Morgan fingerprint density at radius 1 is 1.04 bits per heavy atom. The van der Waals surface area contributed by atoms with Gasteiger partial charge in [-0.1, -0.05) is 71.2 Å². The van der Waals surface area contributed by atoms with Crippen LogP contribution in [0, 0.1) is 5.92 Å². The maximum atomic E-state index is 11.3. The highest BCUT2D eigenvalue weighted by molar-refractivity contribution is 9.10. The molecule has 3 heteroatoms. The highest BCUT2D eigenvalue weighted by Gasteiger charge is 2.40. The van der Waals surface area contributed by atoms with Crippen LogP contribution in [0.1, 0.15) is 36.8 Å². The number of hydrogen-bond donors (Lipinski definition) is 1. The van der Waals surface area contributed by atoms with Gasteiger partial charge in [0, 0.05) is 10.4 Å². The molecule has 0 amide bonds. The SMILES string of the molecule is OC1(c2ccc(Br)cc2)CCCCC1COCc1ccccc1. The fourth-order valence-corrected chi connectivity index (χ4v) is 3.73. The zero-order valence-corrected chi connectivity index (χ0v) is 14.8. The molecule has 3 rings (SSSR count). The van der Waals surface area contributed by atoms with Gasteiger partial charge in [0.2, 0.25) is 0 Å². The first-order chi connectivity index (χ1) is 11.2. The molecule has 0 aliphatic heterocycles. The van der Waals surface area contributed by atoms with Gasteiger partial charge < -0.3 is 9.84 Å². The Hall–Kier alpha value is -1.16. The van der Waals surface area contributed by atoms with Gasteiger partial charge in [0.05, 0.1) is 18.8 Å². The van der Waals surface area contributed by atoms with Gasteiger partial charge in [-0.05, 0) is 36.1 Å². The molecule has 0 aromatic heterocycles. The first-order valence-corrected chi connectivity index (χ1v) is 9.08. The number of benzene rings is 2. The molecule has 1 aliphatic carbocycles. The van der Waals surface area contributed by atoms with Crippen LogP contribution in [0.3, 0.4) is 0 Å². The van der Waals surface area contributed by atoms with Crippen molar-refractivity contribution in [2.24, 2.45) is 5.92 Å². The Morgan fingerprint density at radius 2 is 1.78 bits per heavy atom. The minimum absolute atomic E-state index is 0.154. The van der Waals surface area contributed by atoms with Crippen LogP contribution in [-0.2, 0) is 16.9 Å². The van der Waals surface area contributed by atoms with Gasteiger partial charge in [-0.15, -0.1) is 0 Å². The lowest BCUT2D eigenvalue weighted by Gasteiger charge is -2.40. The molecule has 2 nitrogen and oxygen atoms in total. The molecule has 1 fully saturated rings. The van der Waals surface area contributed by atoms with Crippen molar-refractivity contribution in [2.75, 3.05) is 6.61 Å². The van der Waals surface area contributed by atoms with Gasteiger partial charge in [0.15, 0.2) is 0 Å². The van der Waals surface area contributed by atoms with Gasteiger partial charge in [-0.2, -0.15) is 0 Å². The smallest absolute Gasteiger partial charge is 0.0946 e. The number of rotatable bonds is 5. The van der Waals surface area contributed by atoms with Crippen LogP contribution >= 0.6 is 15.9 Å². The van der Waals surface area contributed by atoms with Crippen molar-refractivity contribution in [3.05, 3.63) is 70.2 Å². The molecule has 2 aromatic carbocycles. The molecular weight excluding hydrogens is 352 g/mol. The minimum Gasteiger partial charge on any atom is -0.385 e. The topological polar surface area (TPSA) is 29.5 Å². The number of ether oxygens (including phenoxy) is 1. The Balaban J connectivity index is 1.67. The second kappa shape index (κ2) is 7.61. The predicted molar refractivity (Wildman–Crippen MR) is 96.1 cm³/mol. The van der Waals surface area contributed by atoms with Crippen LogP contribution in [0.15, 0.2) is 59.1 Å². The third-order valence-electron chi connectivity index (χ3n) is 4.81. The molecule has 0 spiro atoms. The first-order valence-electron chi connectivity index (χ1n) is 8.28. The van der Waals surface area contributed by atoms with E-state index in [9.17, 15) is 5.11 Å². The molecule has 1 N–H and O–H groups in total. The molecule has 1 aliphatic rings. The van der Waals surface area contributed by atoms with E-state index >= 15 is 0 Å². The van der Waals surface area contributed by atoms with E-state index in [0.717, 1.165) is 35.7 Å². The maximum absolute atomic E-state index is 11.3. The summed E-state index contributed by atoms with van der Waals surface area (Å²) < 4.78 is 6.97. The van der Waals surface area contributed by atoms with Gasteiger partial charge in [0.1, 0.15) is 0 Å². The summed E-state index contributed by atoms with van der Waals surface area (Å²) in [6, 6.07) is 18.3. The summed E-state index contributed by atoms with van der Waals surface area (Å²) in [5.41, 5.74) is 1.42. The lowest BCUT2D eigenvalue weighted by atomic mass is 9.72. The van der Waals surface area contributed by atoms with E-state index in [1.165, 1.54) is 5.56 Å². The van der Waals surface area contributed by atoms with E-state index in [1.54, 1.807) is 0 Å². The van der Waals surface area contributed by atoms with Crippen LogP contribution in [0.4, 0.5) is 0 Å². The summed E-state index contributed by atoms with van der Waals surface area (Å²) in [6.45, 7) is 1.20. The molecule has 1 saturated carbocycles. The molecule has 122 valence electrons. The summed E-state index contributed by atoms with van der Waals surface area (Å²) in [5, 5.41) is 11.3. The fourth-order valence-electron chi connectivity index (χ4n) is 3.46. The van der Waals surface area contributed by atoms with Gasteiger partial charge in [0.25, 0.3) is 0 Å². The Kier molecular flexibility index (Phi) is 5.52. The molecule has 2 atom stereocenters. The summed E-state index contributed by atoms with van der Waals surface area (Å²) in [6.07, 6.45) is 4.06. The van der Waals surface area contributed by atoms with Crippen molar-refractivity contribution in [2.45, 2.75) is 37.9 Å². The predicted octanol–water partition coefficient (Wildman–Crippen LogP) is 5.04. The minimum atomic E-state index is -0.768. The highest BCUT2D eigenvalue weighted by atomic mass is 79.9. The lowest BCUT2D eigenvalue weighted by molar-refractivity contribution is -0.0878. The number of aliphatic hydroxyl groups is 1.